The van der Waals surface area contributed by atoms with Crippen LogP contribution in [0.15, 0.2) is 12.7 Å². The third kappa shape index (κ3) is 7.38. The molecule has 1 N–H and O–H groups in total. The Kier molecular flexibility index (Phi) is 6.24. The summed E-state index contributed by atoms with van der Waals surface area (Å²) in [7, 11) is -0.519. The molecule has 0 radical (unpaired) electrons. The molecule has 0 aromatic rings. The molecule has 0 aliphatic heterocycles. The Hall–Kier alpha value is -0.920. The first-order valence-corrected chi connectivity index (χ1v) is 6.28. The van der Waals surface area contributed by atoms with Gasteiger partial charge in [-0.25, -0.2) is 4.79 Å². The highest BCUT2D eigenvalue weighted by Gasteiger charge is 2.16. The van der Waals surface area contributed by atoms with Crippen LogP contribution in [0, 0.1) is 0 Å². The number of carbonyl (C=O) groups is 1. The van der Waals surface area contributed by atoms with Gasteiger partial charge in [-0.1, -0.05) is 6.58 Å². The normalized spacial score (nSPS) is 13.5. The van der Waals surface area contributed by atoms with Crippen LogP contribution in [0.5, 0.6) is 0 Å². The molecule has 0 aromatic carbocycles. The van der Waals surface area contributed by atoms with E-state index >= 15 is 0 Å². The summed E-state index contributed by atoms with van der Waals surface area (Å²) in [5.41, 5.74) is 0. The highest BCUT2D eigenvalue weighted by molar-refractivity contribution is 7.85. The number of carbonyl (C=O) groups excluding carboxylic acids is 1. The van der Waals surface area contributed by atoms with Gasteiger partial charge in [-0.05, 0) is 20.5 Å². The van der Waals surface area contributed by atoms with Crippen molar-refractivity contribution in [3.8, 4) is 0 Å². The van der Waals surface area contributed by atoms with E-state index in [0.29, 0.717) is 0 Å². The Morgan fingerprint density at radius 3 is 2.50 bits per heavy atom. The van der Waals surface area contributed by atoms with Gasteiger partial charge in [-0.15, -0.1) is 0 Å². The second kappa shape index (κ2) is 6.62. The van der Waals surface area contributed by atoms with Crippen LogP contribution in [0.4, 0.5) is 0 Å². The van der Waals surface area contributed by atoms with Gasteiger partial charge in [0.25, 0.3) is 10.1 Å². The number of esters is 1. The summed E-state index contributed by atoms with van der Waals surface area (Å²) in [5, 5.41) is 0. The molecule has 1 unspecified atom stereocenters. The maximum Gasteiger partial charge on any atom is 0.330 e. The quantitative estimate of drug-likeness (QED) is 0.387. The number of hydrogen-bond donors (Lipinski definition) is 1. The molecule has 0 amide bonds. The van der Waals surface area contributed by atoms with E-state index in [1.165, 1.54) is 0 Å². The number of ether oxygens (including phenoxy) is 1. The van der Waals surface area contributed by atoms with E-state index in [1.807, 2.05) is 0 Å². The van der Waals surface area contributed by atoms with E-state index in [0.717, 1.165) is 6.08 Å². The molecule has 1 atom stereocenters. The summed E-state index contributed by atoms with van der Waals surface area (Å²) in [5.74, 6) is -0.916. The Labute approximate surface area is 95.6 Å². The third-order valence-electron chi connectivity index (χ3n) is 2.02. The highest BCUT2D eigenvalue weighted by Crippen LogP contribution is 2.03. The lowest BCUT2D eigenvalue weighted by molar-refractivity contribution is -0.139. The van der Waals surface area contributed by atoms with Crippen LogP contribution in [-0.4, -0.2) is 56.3 Å². The highest BCUT2D eigenvalue weighted by atomic mass is 32.2. The maximum atomic E-state index is 10.8. The zero-order valence-corrected chi connectivity index (χ0v) is 10.2. The second-order valence-electron chi connectivity index (χ2n) is 3.53. The fourth-order valence-corrected chi connectivity index (χ4v) is 1.58. The third-order valence-corrected chi connectivity index (χ3v) is 2.78. The minimum absolute atomic E-state index is 0.0629. The molecule has 0 rings (SSSR count). The molecule has 7 heteroatoms. The van der Waals surface area contributed by atoms with Crippen molar-refractivity contribution in [1.29, 1.82) is 0 Å². The standard InChI is InChI=1S/C9H17NO5S/c1-4-9(11)15-7-8(10(2)3)5-6-16(12,13)14/h4,8H,1,5-7H2,2-3H3,(H,12,13,14). The van der Waals surface area contributed by atoms with Gasteiger partial charge in [0.1, 0.15) is 6.61 Å². The smallest absolute Gasteiger partial charge is 0.330 e. The topological polar surface area (TPSA) is 83.9 Å². The van der Waals surface area contributed by atoms with Gasteiger partial charge >= 0.3 is 5.97 Å². The van der Waals surface area contributed by atoms with Gasteiger partial charge in [0, 0.05) is 12.1 Å². The maximum absolute atomic E-state index is 10.8. The van der Waals surface area contributed by atoms with Crippen molar-refractivity contribution in [3.05, 3.63) is 12.7 Å². The molecule has 0 bridgehead atoms. The average Bonchev–Trinajstić information content (AvgIpc) is 2.14. The van der Waals surface area contributed by atoms with E-state index in [-0.39, 0.29) is 24.8 Å². The summed E-state index contributed by atoms with van der Waals surface area (Å²) >= 11 is 0. The summed E-state index contributed by atoms with van der Waals surface area (Å²) in [6.07, 6.45) is 1.23. The Morgan fingerprint density at radius 2 is 2.12 bits per heavy atom. The molecule has 16 heavy (non-hydrogen) atoms. The van der Waals surface area contributed by atoms with Crippen LogP contribution in [0.25, 0.3) is 0 Å². The lowest BCUT2D eigenvalue weighted by Gasteiger charge is -2.23. The molecule has 0 saturated heterocycles. The summed E-state index contributed by atoms with van der Waals surface area (Å²) in [6.45, 7) is 3.31. The molecule has 0 saturated carbocycles. The van der Waals surface area contributed by atoms with E-state index in [9.17, 15) is 13.2 Å². The molecule has 0 aliphatic carbocycles. The number of rotatable bonds is 7. The molecular formula is C9H17NO5S. The lowest BCUT2D eigenvalue weighted by atomic mass is 10.2. The second-order valence-corrected chi connectivity index (χ2v) is 5.10. The van der Waals surface area contributed by atoms with Crippen LogP contribution in [0.3, 0.4) is 0 Å². The summed E-state index contributed by atoms with van der Waals surface area (Å²) in [6, 6.07) is -0.258. The lowest BCUT2D eigenvalue weighted by Crippen LogP contribution is -2.34. The van der Waals surface area contributed by atoms with Crippen LogP contribution in [0.2, 0.25) is 0 Å². The van der Waals surface area contributed by atoms with E-state index in [4.69, 9.17) is 9.29 Å². The monoisotopic (exact) mass is 251 g/mol. The van der Waals surface area contributed by atoms with Crippen LogP contribution < -0.4 is 0 Å². The van der Waals surface area contributed by atoms with Crippen molar-refractivity contribution in [3.63, 3.8) is 0 Å². The molecule has 94 valence electrons. The van der Waals surface area contributed by atoms with Crippen LogP contribution >= 0.6 is 0 Å². The predicted octanol–water partition coefficient (Wildman–Crippen LogP) is -0.0763. The first-order chi connectivity index (χ1) is 7.26. The average molecular weight is 251 g/mol. The van der Waals surface area contributed by atoms with Crippen molar-refractivity contribution in [2.45, 2.75) is 12.5 Å². The van der Waals surface area contributed by atoms with E-state index < -0.39 is 16.1 Å². The van der Waals surface area contributed by atoms with E-state index in [2.05, 4.69) is 6.58 Å². The Morgan fingerprint density at radius 1 is 1.56 bits per heavy atom. The van der Waals surface area contributed by atoms with Crippen molar-refractivity contribution in [1.82, 2.24) is 4.90 Å². The van der Waals surface area contributed by atoms with E-state index in [1.54, 1.807) is 19.0 Å². The van der Waals surface area contributed by atoms with Gasteiger partial charge in [0.05, 0.1) is 5.75 Å². The molecule has 0 spiro atoms. The summed E-state index contributed by atoms with van der Waals surface area (Å²) in [4.78, 5) is 12.5. The molecule has 0 aliphatic rings. The summed E-state index contributed by atoms with van der Waals surface area (Å²) < 4.78 is 34.5. The minimum Gasteiger partial charge on any atom is -0.461 e. The first kappa shape index (κ1) is 15.1. The Balaban J connectivity index is 4.18. The van der Waals surface area contributed by atoms with Gasteiger partial charge < -0.3 is 9.64 Å². The first-order valence-electron chi connectivity index (χ1n) is 4.67. The molecular weight excluding hydrogens is 234 g/mol. The van der Waals surface area contributed by atoms with Crippen LogP contribution in [0.1, 0.15) is 6.42 Å². The van der Waals surface area contributed by atoms with Gasteiger partial charge in [-0.3, -0.25) is 4.55 Å². The molecule has 0 aromatic heterocycles. The number of hydrogen-bond acceptors (Lipinski definition) is 5. The number of likely N-dealkylation sites (N-methyl/N-ethyl adjacent to an activating group) is 1. The fourth-order valence-electron chi connectivity index (χ4n) is 1.01. The van der Waals surface area contributed by atoms with Gasteiger partial charge in [0.2, 0.25) is 0 Å². The van der Waals surface area contributed by atoms with Crippen LogP contribution in [-0.2, 0) is 19.6 Å². The minimum atomic E-state index is -3.98. The Bertz CT molecular complexity index is 336. The van der Waals surface area contributed by atoms with Crippen molar-refractivity contribution < 1.29 is 22.5 Å². The van der Waals surface area contributed by atoms with Crippen molar-refractivity contribution >= 4 is 16.1 Å². The van der Waals surface area contributed by atoms with Gasteiger partial charge in [0.15, 0.2) is 0 Å². The molecule has 0 heterocycles. The predicted molar refractivity (Wildman–Crippen MR) is 59.7 cm³/mol. The fraction of sp³-hybridized carbons (Fsp3) is 0.667. The van der Waals surface area contributed by atoms with Crippen molar-refractivity contribution in [2.24, 2.45) is 0 Å². The molecule has 6 nitrogen and oxygen atoms in total. The molecule has 0 fully saturated rings. The van der Waals surface area contributed by atoms with Gasteiger partial charge in [-0.2, -0.15) is 8.42 Å². The van der Waals surface area contributed by atoms with Crippen molar-refractivity contribution in [2.75, 3.05) is 26.5 Å². The SMILES string of the molecule is C=CC(=O)OCC(CCS(=O)(=O)O)N(C)C. The zero-order chi connectivity index (χ0) is 12.8. The zero-order valence-electron chi connectivity index (χ0n) is 9.42. The largest absolute Gasteiger partial charge is 0.461 e. The number of nitrogens with zero attached hydrogens (tertiary/aromatic N) is 1.